The summed E-state index contributed by atoms with van der Waals surface area (Å²) in [5.41, 5.74) is 0. The van der Waals surface area contributed by atoms with Crippen LogP contribution in [0.4, 0.5) is 0 Å². The Morgan fingerprint density at radius 2 is 2.07 bits per heavy atom. The molecule has 1 aliphatic carbocycles. The molecular weight excluding hydrogens is 188 g/mol. The molecule has 0 aromatic heterocycles. The molecule has 2 rings (SSSR count). The summed E-state index contributed by atoms with van der Waals surface area (Å²) in [7, 11) is 1.84. The van der Waals surface area contributed by atoms with Gasteiger partial charge in [0.25, 0.3) is 0 Å². The Balaban J connectivity index is 2.07. The topological polar surface area (TPSA) is 44.1 Å². The molecule has 1 aliphatic heterocycles. The Labute approximate surface area is 91.1 Å². The molecule has 1 saturated heterocycles. The molecule has 3 heteroatoms. The molecule has 3 nitrogen and oxygen atoms in total. The zero-order valence-corrected chi connectivity index (χ0v) is 9.28. The fourth-order valence-corrected chi connectivity index (χ4v) is 3.02. The van der Waals surface area contributed by atoms with E-state index >= 15 is 0 Å². The lowest BCUT2D eigenvalue weighted by atomic mass is 9.80. The summed E-state index contributed by atoms with van der Waals surface area (Å²) in [5, 5.41) is 9.23. The van der Waals surface area contributed by atoms with Crippen LogP contribution >= 0.6 is 0 Å². The van der Waals surface area contributed by atoms with Gasteiger partial charge >= 0.3 is 0 Å². The largest absolute Gasteiger partial charge is 0.345 e. The van der Waals surface area contributed by atoms with Gasteiger partial charge in [0, 0.05) is 13.6 Å². The third-order valence-electron chi connectivity index (χ3n) is 3.96. The molecule has 2 fully saturated rings. The van der Waals surface area contributed by atoms with Crippen molar-refractivity contribution < 1.29 is 4.79 Å². The molecule has 1 saturated carbocycles. The number of nitriles is 1. The van der Waals surface area contributed by atoms with E-state index in [0.29, 0.717) is 5.92 Å². The summed E-state index contributed by atoms with van der Waals surface area (Å²) in [5.74, 6) is 0.636. The molecule has 0 spiro atoms. The summed E-state index contributed by atoms with van der Waals surface area (Å²) in [4.78, 5) is 13.6. The predicted molar refractivity (Wildman–Crippen MR) is 56.8 cm³/mol. The van der Waals surface area contributed by atoms with Gasteiger partial charge in [-0.25, -0.2) is 0 Å². The minimum absolute atomic E-state index is 0.0110. The summed E-state index contributed by atoms with van der Waals surface area (Å²) < 4.78 is 0. The van der Waals surface area contributed by atoms with Crippen molar-refractivity contribution in [2.75, 3.05) is 13.6 Å². The predicted octanol–water partition coefficient (Wildman–Crippen LogP) is 1.79. The number of rotatable bonds is 2. The van der Waals surface area contributed by atoms with Crippen molar-refractivity contribution in [3.63, 3.8) is 0 Å². The second kappa shape index (κ2) is 4.22. The average molecular weight is 206 g/mol. The fourth-order valence-electron chi connectivity index (χ4n) is 3.02. The number of hydrogen-bond acceptors (Lipinski definition) is 2. The van der Waals surface area contributed by atoms with E-state index in [1.807, 2.05) is 7.05 Å². The quantitative estimate of drug-likeness (QED) is 0.691. The zero-order chi connectivity index (χ0) is 10.8. The fraction of sp³-hybridized carbons (Fsp3) is 0.833. The number of likely N-dealkylation sites (tertiary alicyclic amines) is 1. The van der Waals surface area contributed by atoms with Crippen LogP contribution < -0.4 is 0 Å². The van der Waals surface area contributed by atoms with Crippen molar-refractivity contribution in [1.29, 1.82) is 5.26 Å². The SMILES string of the molecule is CN1CCC(C(C#N)C2CCCC2)C1=O. The van der Waals surface area contributed by atoms with E-state index in [-0.39, 0.29) is 17.7 Å². The molecule has 0 radical (unpaired) electrons. The lowest BCUT2D eigenvalue weighted by Crippen LogP contribution is -2.29. The van der Waals surface area contributed by atoms with Gasteiger partial charge in [0.15, 0.2) is 0 Å². The number of nitrogens with zero attached hydrogens (tertiary/aromatic N) is 2. The molecule has 0 bridgehead atoms. The van der Waals surface area contributed by atoms with E-state index in [9.17, 15) is 10.1 Å². The Kier molecular flexibility index (Phi) is 2.95. The van der Waals surface area contributed by atoms with Crippen LogP contribution in [0.5, 0.6) is 0 Å². The van der Waals surface area contributed by atoms with Crippen LogP contribution in [0.3, 0.4) is 0 Å². The summed E-state index contributed by atoms with van der Waals surface area (Å²) in [6.07, 6.45) is 5.64. The first-order chi connectivity index (χ1) is 7.24. The third kappa shape index (κ3) is 1.86. The monoisotopic (exact) mass is 206 g/mol. The molecule has 2 unspecified atom stereocenters. The van der Waals surface area contributed by atoms with E-state index in [2.05, 4.69) is 6.07 Å². The molecular formula is C12H18N2O. The second-order valence-electron chi connectivity index (χ2n) is 4.85. The van der Waals surface area contributed by atoms with Crippen molar-refractivity contribution in [3.05, 3.63) is 0 Å². The third-order valence-corrected chi connectivity index (χ3v) is 3.96. The van der Waals surface area contributed by atoms with E-state index in [1.54, 1.807) is 4.90 Å². The maximum atomic E-state index is 11.8. The van der Waals surface area contributed by atoms with Crippen LogP contribution in [0.25, 0.3) is 0 Å². The highest BCUT2D eigenvalue weighted by molar-refractivity contribution is 5.81. The van der Waals surface area contributed by atoms with Gasteiger partial charge in [-0.2, -0.15) is 5.26 Å². The summed E-state index contributed by atoms with van der Waals surface area (Å²) >= 11 is 0. The van der Waals surface area contributed by atoms with Crippen molar-refractivity contribution >= 4 is 5.91 Å². The molecule has 2 aliphatic rings. The van der Waals surface area contributed by atoms with Crippen molar-refractivity contribution in [3.8, 4) is 6.07 Å². The molecule has 15 heavy (non-hydrogen) atoms. The van der Waals surface area contributed by atoms with Gasteiger partial charge in [0.2, 0.25) is 5.91 Å². The minimum atomic E-state index is -0.0232. The van der Waals surface area contributed by atoms with E-state index in [0.717, 1.165) is 25.8 Å². The van der Waals surface area contributed by atoms with Crippen molar-refractivity contribution in [2.45, 2.75) is 32.1 Å². The first-order valence-corrected chi connectivity index (χ1v) is 5.88. The van der Waals surface area contributed by atoms with Crippen LogP contribution in [-0.4, -0.2) is 24.4 Å². The lowest BCUT2D eigenvalue weighted by Gasteiger charge is -2.21. The number of carbonyl (C=O) groups excluding carboxylic acids is 1. The molecule has 1 amide bonds. The highest BCUT2D eigenvalue weighted by atomic mass is 16.2. The highest BCUT2D eigenvalue weighted by Crippen LogP contribution is 2.38. The highest BCUT2D eigenvalue weighted by Gasteiger charge is 2.40. The van der Waals surface area contributed by atoms with Crippen molar-refractivity contribution in [2.24, 2.45) is 17.8 Å². The maximum absolute atomic E-state index is 11.8. The normalized spacial score (nSPS) is 29.5. The standard InChI is InChI=1S/C12H18N2O/c1-14-7-6-10(12(14)15)11(8-13)9-4-2-3-5-9/h9-11H,2-7H2,1H3. The van der Waals surface area contributed by atoms with Crippen LogP contribution in [0.1, 0.15) is 32.1 Å². The molecule has 82 valence electrons. The smallest absolute Gasteiger partial charge is 0.226 e. The Hall–Kier alpha value is -1.04. The first-order valence-electron chi connectivity index (χ1n) is 5.88. The lowest BCUT2D eigenvalue weighted by molar-refractivity contribution is -0.131. The van der Waals surface area contributed by atoms with Crippen LogP contribution in [0, 0.1) is 29.1 Å². The second-order valence-corrected chi connectivity index (χ2v) is 4.85. The first kappa shape index (κ1) is 10.5. The molecule has 0 aromatic rings. The molecule has 0 aromatic carbocycles. The zero-order valence-electron chi connectivity index (χ0n) is 9.28. The van der Waals surface area contributed by atoms with Crippen LogP contribution in [-0.2, 0) is 4.79 Å². The van der Waals surface area contributed by atoms with E-state index in [1.165, 1.54) is 12.8 Å². The van der Waals surface area contributed by atoms with Gasteiger partial charge in [-0.3, -0.25) is 4.79 Å². The van der Waals surface area contributed by atoms with Crippen LogP contribution in [0.15, 0.2) is 0 Å². The van der Waals surface area contributed by atoms with Gasteiger partial charge < -0.3 is 4.90 Å². The van der Waals surface area contributed by atoms with Gasteiger partial charge in [-0.05, 0) is 25.2 Å². The van der Waals surface area contributed by atoms with E-state index in [4.69, 9.17) is 0 Å². The Morgan fingerprint density at radius 3 is 2.53 bits per heavy atom. The van der Waals surface area contributed by atoms with Gasteiger partial charge in [0.1, 0.15) is 0 Å². The molecule has 0 N–H and O–H groups in total. The number of amides is 1. The molecule has 2 atom stereocenters. The minimum Gasteiger partial charge on any atom is -0.345 e. The van der Waals surface area contributed by atoms with E-state index < -0.39 is 0 Å². The van der Waals surface area contributed by atoms with Gasteiger partial charge in [-0.15, -0.1) is 0 Å². The summed E-state index contributed by atoms with van der Waals surface area (Å²) in [6.45, 7) is 0.828. The number of hydrogen-bond donors (Lipinski definition) is 0. The number of carbonyl (C=O) groups is 1. The van der Waals surface area contributed by atoms with Crippen molar-refractivity contribution in [1.82, 2.24) is 4.90 Å². The summed E-state index contributed by atoms with van der Waals surface area (Å²) in [6, 6.07) is 2.39. The Bertz CT molecular complexity index is 288. The van der Waals surface area contributed by atoms with Gasteiger partial charge in [-0.1, -0.05) is 12.8 Å². The Morgan fingerprint density at radius 1 is 1.40 bits per heavy atom. The van der Waals surface area contributed by atoms with Gasteiger partial charge in [0.05, 0.1) is 17.9 Å². The van der Waals surface area contributed by atoms with Crippen LogP contribution in [0.2, 0.25) is 0 Å². The maximum Gasteiger partial charge on any atom is 0.226 e. The average Bonchev–Trinajstić information content (AvgIpc) is 2.84. The molecule has 1 heterocycles.